The van der Waals surface area contributed by atoms with Crippen LogP contribution in [0.4, 0.5) is 4.79 Å². The van der Waals surface area contributed by atoms with Crippen molar-refractivity contribution < 1.29 is 9.90 Å². The molecule has 1 saturated heterocycles. The van der Waals surface area contributed by atoms with Crippen molar-refractivity contribution in [1.82, 2.24) is 10.2 Å². The predicted molar refractivity (Wildman–Crippen MR) is 50.8 cm³/mol. The Balaban J connectivity index is 2.52. The highest BCUT2D eigenvalue weighted by atomic mass is 16.4. The standard InChI is InChI=1S/C9H18N2O2/c1-9(2,3)6-11(8(12)13)7-4-10-5-7/h7,10H,4-6H2,1-3H3,(H,12,13). The summed E-state index contributed by atoms with van der Waals surface area (Å²) in [4.78, 5) is 12.4. The zero-order valence-electron chi connectivity index (χ0n) is 8.50. The van der Waals surface area contributed by atoms with Gasteiger partial charge in [0.1, 0.15) is 0 Å². The number of amides is 1. The molecular formula is C9H18N2O2. The van der Waals surface area contributed by atoms with Crippen LogP contribution in [0.5, 0.6) is 0 Å². The van der Waals surface area contributed by atoms with Crippen LogP contribution in [0.1, 0.15) is 20.8 Å². The number of hydrogen-bond donors (Lipinski definition) is 2. The van der Waals surface area contributed by atoms with Gasteiger partial charge in [0.15, 0.2) is 0 Å². The molecule has 0 radical (unpaired) electrons. The largest absolute Gasteiger partial charge is 0.465 e. The second-order valence-electron chi connectivity index (χ2n) is 4.78. The van der Waals surface area contributed by atoms with Crippen LogP contribution in [0.2, 0.25) is 0 Å². The molecule has 1 fully saturated rings. The summed E-state index contributed by atoms with van der Waals surface area (Å²) in [5.41, 5.74) is 0.0357. The van der Waals surface area contributed by atoms with Gasteiger partial charge in [-0.05, 0) is 5.41 Å². The van der Waals surface area contributed by atoms with Gasteiger partial charge in [0, 0.05) is 19.6 Å². The summed E-state index contributed by atoms with van der Waals surface area (Å²) in [5.74, 6) is 0. The molecule has 4 nitrogen and oxygen atoms in total. The van der Waals surface area contributed by atoms with Crippen molar-refractivity contribution in [3.8, 4) is 0 Å². The number of hydrogen-bond acceptors (Lipinski definition) is 2. The Hall–Kier alpha value is -0.770. The molecule has 13 heavy (non-hydrogen) atoms. The highest BCUT2D eigenvalue weighted by Crippen LogP contribution is 2.18. The van der Waals surface area contributed by atoms with Gasteiger partial charge in [-0.25, -0.2) is 4.79 Å². The second-order valence-corrected chi connectivity index (χ2v) is 4.78. The van der Waals surface area contributed by atoms with Crippen molar-refractivity contribution in [1.29, 1.82) is 0 Å². The van der Waals surface area contributed by atoms with Gasteiger partial charge in [-0.2, -0.15) is 0 Å². The lowest BCUT2D eigenvalue weighted by Crippen LogP contribution is -2.60. The van der Waals surface area contributed by atoms with Crippen LogP contribution in [-0.2, 0) is 0 Å². The molecule has 0 aromatic rings. The fourth-order valence-corrected chi connectivity index (χ4v) is 1.36. The molecule has 0 aromatic heterocycles. The van der Waals surface area contributed by atoms with Crippen molar-refractivity contribution in [3.05, 3.63) is 0 Å². The first-order valence-corrected chi connectivity index (χ1v) is 4.60. The van der Waals surface area contributed by atoms with Gasteiger partial charge in [-0.15, -0.1) is 0 Å². The lowest BCUT2D eigenvalue weighted by atomic mass is 9.95. The van der Waals surface area contributed by atoms with Gasteiger partial charge in [-0.3, -0.25) is 0 Å². The van der Waals surface area contributed by atoms with E-state index in [0.29, 0.717) is 6.54 Å². The number of nitrogens with one attached hydrogen (secondary N) is 1. The van der Waals surface area contributed by atoms with Crippen LogP contribution in [0.15, 0.2) is 0 Å². The van der Waals surface area contributed by atoms with E-state index in [9.17, 15) is 4.79 Å². The lowest BCUT2D eigenvalue weighted by molar-refractivity contribution is 0.0841. The molecule has 0 aromatic carbocycles. The van der Waals surface area contributed by atoms with E-state index in [1.807, 2.05) is 0 Å². The van der Waals surface area contributed by atoms with Crippen molar-refractivity contribution in [3.63, 3.8) is 0 Å². The third kappa shape index (κ3) is 2.88. The predicted octanol–water partition coefficient (Wildman–Crippen LogP) is 0.984. The van der Waals surface area contributed by atoms with Crippen molar-refractivity contribution in [2.45, 2.75) is 26.8 Å². The van der Waals surface area contributed by atoms with E-state index >= 15 is 0 Å². The molecule has 0 saturated carbocycles. The van der Waals surface area contributed by atoms with Crippen LogP contribution < -0.4 is 5.32 Å². The molecule has 76 valence electrons. The number of nitrogens with zero attached hydrogens (tertiary/aromatic N) is 1. The van der Waals surface area contributed by atoms with E-state index < -0.39 is 6.09 Å². The lowest BCUT2D eigenvalue weighted by Gasteiger charge is -2.39. The minimum atomic E-state index is -0.804. The Bertz CT molecular complexity index is 194. The van der Waals surface area contributed by atoms with Gasteiger partial charge < -0.3 is 15.3 Å². The SMILES string of the molecule is CC(C)(C)CN(C(=O)O)C1CNC1. The highest BCUT2D eigenvalue weighted by molar-refractivity contribution is 5.65. The summed E-state index contributed by atoms with van der Waals surface area (Å²) in [6.45, 7) is 8.35. The van der Waals surface area contributed by atoms with Gasteiger partial charge >= 0.3 is 6.09 Å². The molecule has 0 bridgehead atoms. The molecule has 1 rings (SSSR count). The molecular weight excluding hydrogens is 168 g/mol. The fourth-order valence-electron chi connectivity index (χ4n) is 1.36. The van der Waals surface area contributed by atoms with Crippen LogP contribution in [0.25, 0.3) is 0 Å². The Kier molecular flexibility index (Phi) is 2.81. The summed E-state index contributed by atoms with van der Waals surface area (Å²) < 4.78 is 0. The molecule has 4 heteroatoms. The van der Waals surface area contributed by atoms with Gasteiger partial charge in [0.2, 0.25) is 0 Å². The zero-order valence-corrected chi connectivity index (χ0v) is 8.50. The summed E-state index contributed by atoms with van der Waals surface area (Å²) in [5, 5.41) is 12.0. The third-order valence-corrected chi connectivity index (χ3v) is 2.09. The molecule has 1 amide bonds. The topological polar surface area (TPSA) is 52.6 Å². The monoisotopic (exact) mass is 186 g/mol. The van der Waals surface area contributed by atoms with Crippen LogP contribution in [0.3, 0.4) is 0 Å². The Morgan fingerprint density at radius 2 is 2.08 bits per heavy atom. The van der Waals surface area contributed by atoms with Crippen LogP contribution in [0, 0.1) is 5.41 Å². The third-order valence-electron chi connectivity index (χ3n) is 2.09. The van der Waals surface area contributed by atoms with Gasteiger partial charge in [0.25, 0.3) is 0 Å². The first kappa shape index (κ1) is 10.3. The van der Waals surface area contributed by atoms with E-state index in [1.54, 1.807) is 0 Å². The molecule has 0 spiro atoms. The molecule has 1 heterocycles. The van der Waals surface area contributed by atoms with Gasteiger partial charge in [0.05, 0.1) is 6.04 Å². The second kappa shape index (κ2) is 3.54. The molecule has 2 N–H and O–H groups in total. The molecule has 1 aliphatic rings. The summed E-state index contributed by atoms with van der Waals surface area (Å²) in [6, 6.07) is 0.178. The van der Waals surface area contributed by atoms with E-state index in [0.717, 1.165) is 13.1 Å². The Labute approximate surface area is 78.9 Å². The first-order valence-electron chi connectivity index (χ1n) is 4.60. The Morgan fingerprint density at radius 3 is 2.31 bits per heavy atom. The molecule has 0 aliphatic carbocycles. The van der Waals surface area contributed by atoms with E-state index in [1.165, 1.54) is 4.90 Å². The van der Waals surface area contributed by atoms with E-state index in [2.05, 4.69) is 26.1 Å². The van der Waals surface area contributed by atoms with Crippen LogP contribution >= 0.6 is 0 Å². The summed E-state index contributed by atoms with van der Waals surface area (Å²) in [7, 11) is 0. The minimum absolute atomic E-state index is 0.0357. The Morgan fingerprint density at radius 1 is 1.54 bits per heavy atom. The molecule has 0 unspecified atom stereocenters. The van der Waals surface area contributed by atoms with E-state index in [-0.39, 0.29) is 11.5 Å². The maximum absolute atomic E-state index is 10.9. The first-order chi connectivity index (χ1) is 5.90. The van der Waals surface area contributed by atoms with Crippen LogP contribution in [-0.4, -0.2) is 41.8 Å². The molecule has 1 aliphatic heterocycles. The maximum Gasteiger partial charge on any atom is 0.407 e. The average Bonchev–Trinajstić information content (AvgIpc) is 1.78. The quantitative estimate of drug-likeness (QED) is 0.676. The number of carboxylic acid groups (broad SMARTS) is 1. The average molecular weight is 186 g/mol. The summed E-state index contributed by atoms with van der Waals surface area (Å²) >= 11 is 0. The van der Waals surface area contributed by atoms with Gasteiger partial charge in [-0.1, -0.05) is 20.8 Å². The number of rotatable bonds is 2. The minimum Gasteiger partial charge on any atom is -0.465 e. The fraction of sp³-hybridized carbons (Fsp3) is 0.889. The summed E-state index contributed by atoms with van der Waals surface area (Å²) in [6.07, 6.45) is -0.804. The zero-order chi connectivity index (χ0) is 10.1. The highest BCUT2D eigenvalue weighted by Gasteiger charge is 2.31. The van der Waals surface area contributed by atoms with E-state index in [4.69, 9.17) is 5.11 Å². The smallest absolute Gasteiger partial charge is 0.407 e. The normalized spacial score (nSPS) is 18.1. The number of carbonyl (C=O) groups is 1. The van der Waals surface area contributed by atoms with Crippen molar-refractivity contribution in [2.75, 3.05) is 19.6 Å². The maximum atomic E-state index is 10.9. The van der Waals surface area contributed by atoms with Crippen molar-refractivity contribution in [2.24, 2.45) is 5.41 Å². The van der Waals surface area contributed by atoms with Crippen molar-refractivity contribution >= 4 is 6.09 Å². The molecule has 0 atom stereocenters.